The van der Waals surface area contributed by atoms with E-state index in [1.165, 1.54) is 4.90 Å². The van der Waals surface area contributed by atoms with E-state index >= 15 is 0 Å². The minimum Gasteiger partial charge on any atom is -0.497 e. The van der Waals surface area contributed by atoms with Crippen molar-refractivity contribution in [3.05, 3.63) is 34.7 Å². The molecule has 1 aromatic rings. The van der Waals surface area contributed by atoms with E-state index in [9.17, 15) is 9.59 Å². The third-order valence-corrected chi connectivity index (χ3v) is 3.75. The van der Waals surface area contributed by atoms with Crippen molar-refractivity contribution in [3.63, 3.8) is 0 Å². The number of benzene rings is 1. The molecule has 0 aliphatic carbocycles. The van der Waals surface area contributed by atoms with E-state index in [1.807, 2.05) is 45.0 Å². The summed E-state index contributed by atoms with van der Waals surface area (Å²) in [7, 11) is 1.60. The topological polar surface area (TPSA) is 46.6 Å². The fourth-order valence-electron chi connectivity index (χ4n) is 1.90. The Kier molecular flexibility index (Phi) is 3.90. The smallest absolute Gasteiger partial charge is 0.294 e. The first-order valence-electron chi connectivity index (χ1n) is 6.25. The van der Waals surface area contributed by atoms with Gasteiger partial charge in [-0.15, -0.1) is 0 Å². The first-order valence-corrected chi connectivity index (χ1v) is 7.06. The van der Waals surface area contributed by atoms with E-state index < -0.39 is 5.54 Å². The Balaban J connectivity index is 2.27. The molecule has 2 rings (SSSR count). The van der Waals surface area contributed by atoms with E-state index in [0.717, 1.165) is 23.1 Å². The Morgan fingerprint density at radius 1 is 1.15 bits per heavy atom. The van der Waals surface area contributed by atoms with Gasteiger partial charge in [0.1, 0.15) is 5.75 Å². The highest BCUT2D eigenvalue weighted by Crippen LogP contribution is 2.36. The minimum atomic E-state index is -0.503. The zero-order valence-corrected chi connectivity index (χ0v) is 12.8. The molecule has 2 amide bonds. The Bertz CT molecular complexity index is 570. The first-order chi connectivity index (χ1) is 9.32. The van der Waals surface area contributed by atoms with Gasteiger partial charge in [-0.2, -0.15) is 0 Å². The fourth-order valence-corrected chi connectivity index (χ4v) is 2.91. The number of hydrogen-bond donors (Lipinski definition) is 0. The zero-order chi connectivity index (χ0) is 14.9. The molecule has 0 radical (unpaired) electrons. The molecule has 1 aromatic carbocycles. The van der Waals surface area contributed by atoms with Gasteiger partial charge in [-0.3, -0.25) is 14.5 Å². The van der Waals surface area contributed by atoms with Crippen LogP contribution >= 0.6 is 11.8 Å². The lowest BCUT2D eigenvalue weighted by Crippen LogP contribution is -2.44. The van der Waals surface area contributed by atoms with Crippen molar-refractivity contribution in [2.45, 2.75) is 26.3 Å². The Morgan fingerprint density at radius 2 is 1.75 bits per heavy atom. The predicted molar refractivity (Wildman–Crippen MR) is 80.6 cm³/mol. The molecular weight excluding hydrogens is 274 g/mol. The van der Waals surface area contributed by atoms with Crippen molar-refractivity contribution in [2.75, 3.05) is 7.11 Å². The lowest BCUT2D eigenvalue weighted by Gasteiger charge is -2.28. The molecule has 4 nitrogen and oxygen atoms in total. The highest BCUT2D eigenvalue weighted by atomic mass is 32.2. The molecular formula is C15H17NO3S. The average molecular weight is 291 g/mol. The van der Waals surface area contributed by atoms with Gasteiger partial charge in [0.25, 0.3) is 11.1 Å². The third-order valence-electron chi connectivity index (χ3n) is 2.88. The van der Waals surface area contributed by atoms with E-state index in [0.29, 0.717) is 4.91 Å². The maximum absolute atomic E-state index is 12.3. The van der Waals surface area contributed by atoms with Gasteiger partial charge in [0.05, 0.1) is 12.0 Å². The molecule has 1 fully saturated rings. The molecule has 20 heavy (non-hydrogen) atoms. The second-order valence-corrected chi connectivity index (χ2v) is 6.45. The Labute approximate surface area is 122 Å². The molecule has 0 aromatic heterocycles. The molecule has 0 spiro atoms. The number of carbonyl (C=O) groups excluding carboxylic acids is 2. The summed E-state index contributed by atoms with van der Waals surface area (Å²) >= 11 is 0.981. The van der Waals surface area contributed by atoms with Gasteiger partial charge in [0.2, 0.25) is 0 Å². The van der Waals surface area contributed by atoms with Crippen LogP contribution in [0.4, 0.5) is 4.79 Å². The average Bonchev–Trinajstić information content (AvgIpc) is 2.64. The van der Waals surface area contributed by atoms with Gasteiger partial charge in [-0.1, -0.05) is 12.1 Å². The standard InChI is InChI=1S/C15H17NO3S/c1-15(2,3)16-13(17)12(20-14(16)18)9-10-5-7-11(19-4)8-6-10/h5-9H,1-4H3. The summed E-state index contributed by atoms with van der Waals surface area (Å²) < 4.78 is 5.08. The molecule has 1 aliphatic heterocycles. The summed E-state index contributed by atoms with van der Waals surface area (Å²) in [4.78, 5) is 26.0. The molecule has 0 atom stereocenters. The van der Waals surface area contributed by atoms with Crippen LogP contribution < -0.4 is 4.74 Å². The van der Waals surface area contributed by atoms with Crippen LogP contribution in [0.15, 0.2) is 29.2 Å². The predicted octanol–water partition coefficient (Wildman–Crippen LogP) is 3.53. The molecule has 0 saturated carbocycles. The maximum Gasteiger partial charge on any atom is 0.294 e. The summed E-state index contributed by atoms with van der Waals surface area (Å²) in [6.45, 7) is 5.54. The number of thioether (sulfide) groups is 1. The molecule has 106 valence electrons. The van der Waals surface area contributed by atoms with Gasteiger partial charge in [0, 0.05) is 5.54 Å². The Hall–Kier alpha value is -1.75. The van der Waals surface area contributed by atoms with Crippen LogP contribution in [0.25, 0.3) is 6.08 Å². The second-order valence-electron chi connectivity index (χ2n) is 5.46. The maximum atomic E-state index is 12.3. The number of amides is 2. The molecule has 1 heterocycles. The lowest BCUT2D eigenvalue weighted by molar-refractivity contribution is -0.125. The molecule has 0 N–H and O–H groups in total. The van der Waals surface area contributed by atoms with Crippen LogP contribution in [0.3, 0.4) is 0 Å². The van der Waals surface area contributed by atoms with Crippen molar-refractivity contribution in [3.8, 4) is 5.75 Å². The van der Waals surface area contributed by atoms with Crippen LogP contribution in [0.5, 0.6) is 5.75 Å². The molecule has 1 saturated heterocycles. The fraction of sp³-hybridized carbons (Fsp3) is 0.333. The van der Waals surface area contributed by atoms with Gasteiger partial charge >= 0.3 is 0 Å². The van der Waals surface area contributed by atoms with Crippen LogP contribution in [0.1, 0.15) is 26.3 Å². The summed E-state index contributed by atoms with van der Waals surface area (Å²) in [5.74, 6) is 0.522. The Morgan fingerprint density at radius 3 is 2.20 bits per heavy atom. The van der Waals surface area contributed by atoms with E-state index in [2.05, 4.69) is 0 Å². The summed E-state index contributed by atoms with van der Waals surface area (Å²) in [5, 5.41) is -0.220. The van der Waals surface area contributed by atoms with Crippen LogP contribution in [-0.4, -0.2) is 28.7 Å². The van der Waals surface area contributed by atoms with E-state index in [4.69, 9.17) is 4.74 Å². The number of methoxy groups -OCH3 is 1. The summed E-state index contributed by atoms with van der Waals surface area (Å²) in [6, 6.07) is 7.34. The summed E-state index contributed by atoms with van der Waals surface area (Å²) in [5.41, 5.74) is 0.363. The highest BCUT2D eigenvalue weighted by Gasteiger charge is 2.41. The van der Waals surface area contributed by atoms with Crippen molar-refractivity contribution < 1.29 is 14.3 Å². The number of imide groups is 1. The third kappa shape index (κ3) is 2.88. The van der Waals surface area contributed by atoms with Gasteiger partial charge in [-0.25, -0.2) is 0 Å². The number of carbonyl (C=O) groups is 2. The number of ether oxygens (including phenoxy) is 1. The molecule has 5 heteroatoms. The number of nitrogens with zero attached hydrogens (tertiary/aromatic N) is 1. The zero-order valence-electron chi connectivity index (χ0n) is 12.0. The second kappa shape index (κ2) is 5.32. The van der Waals surface area contributed by atoms with Crippen molar-refractivity contribution >= 4 is 29.0 Å². The SMILES string of the molecule is COc1ccc(C=C2SC(=O)N(C(C)(C)C)C2=O)cc1. The molecule has 1 aliphatic rings. The number of rotatable bonds is 2. The van der Waals surface area contributed by atoms with Crippen LogP contribution in [-0.2, 0) is 4.79 Å². The largest absolute Gasteiger partial charge is 0.497 e. The normalized spacial score (nSPS) is 18.0. The van der Waals surface area contributed by atoms with Crippen molar-refractivity contribution in [2.24, 2.45) is 0 Å². The van der Waals surface area contributed by atoms with Gasteiger partial charge in [0.15, 0.2) is 0 Å². The summed E-state index contributed by atoms with van der Waals surface area (Å²) in [6.07, 6.45) is 1.73. The van der Waals surface area contributed by atoms with Crippen molar-refractivity contribution in [1.29, 1.82) is 0 Å². The molecule has 0 bridgehead atoms. The highest BCUT2D eigenvalue weighted by molar-refractivity contribution is 8.18. The first kappa shape index (κ1) is 14.7. The lowest BCUT2D eigenvalue weighted by atomic mass is 10.1. The van der Waals surface area contributed by atoms with Gasteiger partial charge < -0.3 is 4.74 Å². The van der Waals surface area contributed by atoms with Crippen LogP contribution in [0, 0.1) is 0 Å². The monoisotopic (exact) mass is 291 g/mol. The van der Waals surface area contributed by atoms with E-state index in [1.54, 1.807) is 13.2 Å². The quantitative estimate of drug-likeness (QED) is 0.782. The van der Waals surface area contributed by atoms with Crippen molar-refractivity contribution in [1.82, 2.24) is 4.90 Å². The molecule has 0 unspecified atom stereocenters. The van der Waals surface area contributed by atoms with E-state index in [-0.39, 0.29) is 11.1 Å². The van der Waals surface area contributed by atoms with Crippen LogP contribution in [0.2, 0.25) is 0 Å². The minimum absolute atomic E-state index is 0.220. The van der Waals surface area contributed by atoms with Gasteiger partial charge in [-0.05, 0) is 56.3 Å². The number of hydrogen-bond acceptors (Lipinski definition) is 4.